The van der Waals surface area contributed by atoms with Crippen LogP contribution in [-0.2, 0) is 24.4 Å². The van der Waals surface area contributed by atoms with Crippen molar-refractivity contribution in [3.8, 4) is 22.4 Å². The molecular formula is C27H24F5N5O3. The summed E-state index contributed by atoms with van der Waals surface area (Å²) >= 11 is 0. The highest BCUT2D eigenvalue weighted by molar-refractivity contribution is 5.91. The van der Waals surface area contributed by atoms with E-state index in [1.54, 1.807) is 44.7 Å². The number of nitrogens with one attached hydrogen (secondary N) is 1. The van der Waals surface area contributed by atoms with Crippen molar-refractivity contribution < 1.29 is 31.8 Å². The Morgan fingerprint density at radius 1 is 1.00 bits per heavy atom. The molecule has 1 aromatic carbocycles. The molecule has 3 aromatic heterocycles. The van der Waals surface area contributed by atoms with Crippen LogP contribution in [0, 0.1) is 0 Å². The molecule has 0 amide bonds. The number of hydrogen-bond donors (Lipinski definition) is 2. The number of ether oxygens (including phenoxy) is 1. The van der Waals surface area contributed by atoms with Gasteiger partial charge in [-0.1, -0.05) is 24.3 Å². The van der Waals surface area contributed by atoms with Gasteiger partial charge in [0, 0.05) is 73.6 Å². The molecule has 40 heavy (non-hydrogen) atoms. The number of halogens is 5. The molecule has 4 heterocycles. The van der Waals surface area contributed by atoms with E-state index in [-0.39, 0.29) is 5.56 Å². The number of aryl methyl sites for hydroxylation is 1. The van der Waals surface area contributed by atoms with E-state index in [1.807, 2.05) is 0 Å². The van der Waals surface area contributed by atoms with Gasteiger partial charge in [0.05, 0.1) is 18.5 Å². The standard InChI is InChI=1S/C27H24F5N5O3/c1-26(28,29)37-11-17(10-33-37)22-8-19-21(13-36(3)25(39)24(19)34-22)18-9-23(38)35(2)12-20(18)16-6-4-15(5-7-16)14-40-27(30,31)32/h4-13,25,34,39H,14H2,1-3H3. The number of rotatable bonds is 6. The van der Waals surface area contributed by atoms with Gasteiger partial charge in [-0.05, 0) is 22.8 Å². The third-order valence-corrected chi connectivity index (χ3v) is 6.60. The van der Waals surface area contributed by atoms with Crippen molar-refractivity contribution in [3.63, 3.8) is 0 Å². The zero-order valence-corrected chi connectivity index (χ0v) is 21.5. The summed E-state index contributed by atoms with van der Waals surface area (Å²) < 4.78 is 70.7. The summed E-state index contributed by atoms with van der Waals surface area (Å²) in [7, 11) is 3.22. The Hall–Kier alpha value is -4.23. The van der Waals surface area contributed by atoms with Crippen molar-refractivity contribution in [3.05, 3.63) is 93.9 Å². The largest absolute Gasteiger partial charge is 0.522 e. The number of benzene rings is 1. The maximum Gasteiger partial charge on any atom is 0.522 e. The molecule has 13 heteroatoms. The topological polar surface area (TPSA) is 88.3 Å². The highest BCUT2D eigenvalue weighted by Crippen LogP contribution is 2.41. The van der Waals surface area contributed by atoms with Gasteiger partial charge in [-0.3, -0.25) is 9.53 Å². The lowest BCUT2D eigenvalue weighted by Crippen LogP contribution is -2.25. The monoisotopic (exact) mass is 561 g/mol. The maximum atomic E-state index is 13.7. The molecule has 2 N–H and O–H groups in total. The molecule has 1 atom stereocenters. The lowest BCUT2D eigenvalue weighted by molar-refractivity contribution is -0.330. The average Bonchev–Trinajstić information content (AvgIpc) is 3.55. The molecule has 210 valence electrons. The lowest BCUT2D eigenvalue weighted by atomic mass is 9.90. The quantitative estimate of drug-likeness (QED) is 0.317. The molecule has 0 radical (unpaired) electrons. The van der Waals surface area contributed by atoms with Crippen LogP contribution in [0.3, 0.4) is 0 Å². The first-order valence-electron chi connectivity index (χ1n) is 12.0. The van der Waals surface area contributed by atoms with Crippen molar-refractivity contribution >= 4 is 5.57 Å². The zero-order valence-electron chi connectivity index (χ0n) is 21.5. The third-order valence-electron chi connectivity index (χ3n) is 6.60. The van der Waals surface area contributed by atoms with E-state index in [0.717, 1.165) is 6.92 Å². The van der Waals surface area contributed by atoms with E-state index in [1.165, 1.54) is 40.1 Å². The first-order chi connectivity index (χ1) is 18.7. The minimum Gasteiger partial charge on any atom is -0.368 e. The van der Waals surface area contributed by atoms with Crippen LogP contribution in [0.25, 0.3) is 28.0 Å². The van der Waals surface area contributed by atoms with E-state index in [0.29, 0.717) is 55.0 Å². The number of alkyl halides is 5. The molecule has 0 fully saturated rings. The summed E-state index contributed by atoms with van der Waals surface area (Å²) in [6.45, 7) is 0.0736. The minimum atomic E-state index is -4.75. The fourth-order valence-corrected chi connectivity index (χ4v) is 4.52. The van der Waals surface area contributed by atoms with Gasteiger partial charge in [0.2, 0.25) is 0 Å². The first-order valence-corrected chi connectivity index (χ1v) is 12.0. The van der Waals surface area contributed by atoms with Gasteiger partial charge < -0.3 is 19.6 Å². The fraction of sp³-hybridized carbons (Fsp3) is 0.259. The average molecular weight is 562 g/mol. The Balaban J connectivity index is 1.59. The van der Waals surface area contributed by atoms with E-state index in [9.17, 15) is 31.9 Å². The van der Waals surface area contributed by atoms with Crippen LogP contribution in [0.2, 0.25) is 0 Å². The molecule has 0 aliphatic carbocycles. The molecule has 0 saturated carbocycles. The van der Waals surface area contributed by atoms with Crippen LogP contribution >= 0.6 is 0 Å². The van der Waals surface area contributed by atoms with E-state index < -0.39 is 25.2 Å². The molecule has 1 aliphatic rings. The Morgan fingerprint density at radius 2 is 1.70 bits per heavy atom. The van der Waals surface area contributed by atoms with Gasteiger partial charge >= 0.3 is 12.4 Å². The van der Waals surface area contributed by atoms with Gasteiger partial charge in [-0.25, -0.2) is 4.68 Å². The molecule has 4 aromatic rings. The van der Waals surface area contributed by atoms with E-state index in [2.05, 4.69) is 14.8 Å². The van der Waals surface area contributed by atoms with Crippen molar-refractivity contribution in [2.75, 3.05) is 7.05 Å². The number of aliphatic hydroxyl groups excluding tert-OH is 1. The van der Waals surface area contributed by atoms with Crippen LogP contribution in [0.5, 0.6) is 0 Å². The Kier molecular flexibility index (Phi) is 6.66. The van der Waals surface area contributed by atoms with Crippen molar-refractivity contribution in [2.45, 2.75) is 32.2 Å². The predicted octanol–water partition coefficient (Wildman–Crippen LogP) is 5.18. The minimum absolute atomic E-state index is 0.308. The summed E-state index contributed by atoms with van der Waals surface area (Å²) in [4.78, 5) is 17.4. The SMILES string of the molecule is CN1C=C(c2cc(=O)n(C)cc2-c2ccc(COC(F)(F)F)cc2)c2cc(-c3cnn(C(C)(F)F)c3)[nH]c2C1O. The van der Waals surface area contributed by atoms with E-state index >= 15 is 0 Å². The first kappa shape index (κ1) is 27.3. The molecule has 0 saturated heterocycles. The maximum absolute atomic E-state index is 13.7. The van der Waals surface area contributed by atoms with Crippen LogP contribution in [-0.4, -0.2) is 42.7 Å². The summed E-state index contributed by atoms with van der Waals surface area (Å²) in [5, 5.41) is 14.6. The summed E-state index contributed by atoms with van der Waals surface area (Å²) in [6.07, 6.45) is -0.0924. The summed E-state index contributed by atoms with van der Waals surface area (Å²) in [5.41, 5.74) is 4.02. The molecule has 1 aliphatic heterocycles. The number of aromatic nitrogens is 4. The number of nitrogens with zero attached hydrogens (tertiary/aromatic N) is 4. The van der Waals surface area contributed by atoms with Crippen LogP contribution in [0.15, 0.2) is 66.0 Å². The van der Waals surface area contributed by atoms with Gasteiger partial charge in [0.25, 0.3) is 5.56 Å². The van der Waals surface area contributed by atoms with Crippen molar-refractivity contribution in [2.24, 2.45) is 7.05 Å². The Bertz CT molecular complexity index is 1640. The molecule has 0 bridgehead atoms. The fourth-order valence-electron chi connectivity index (χ4n) is 4.52. The number of hydrogen-bond acceptors (Lipinski definition) is 5. The highest BCUT2D eigenvalue weighted by atomic mass is 19.4. The number of aromatic amines is 1. The third kappa shape index (κ3) is 5.29. The number of aliphatic hydroxyl groups is 1. The van der Waals surface area contributed by atoms with Gasteiger partial charge in [0.15, 0.2) is 6.23 Å². The normalized spacial score (nSPS) is 15.8. The number of fused-ring (bicyclic) bond motifs is 1. The van der Waals surface area contributed by atoms with Gasteiger partial charge in [-0.15, -0.1) is 13.2 Å². The van der Waals surface area contributed by atoms with E-state index in [4.69, 9.17) is 0 Å². The Morgan fingerprint density at radius 3 is 2.33 bits per heavy atom. The predicted molar refractivity (Wildman–Crippen MR) is 136 cm³/mol. The van der Waals surface area contributed by atoms with Crippen molar-refractivity contribution in [1.29, 1.82) is 0 Å². The highest BCUT2D eigenvalue weighted by Gasteiger charge is 2.31. The van der Waals surface area contributed by atoms with Crippen molar-refractivity contribution in [1.82, 2.24) is 24.2 Å². The van der Waals surface area contributed by atoms with Crippen LogP contribution < -0.4 is 5.56 Å². The zero-order chi connectivity index (χ0) is 29.0. The molecule has 0 spiro atoms. The molecule has 5 rings (SSSR count). The van der Waals surface area contributed by atoms with Gasteiger partial charge in [0.1, 0.15) is 0 Å². The molecular weight excluding hydrogens is 537 g/mol. The second-order valence-corrected chi connectivity index (χ2v) is 9.59. The molecule has 1 unspecified atom stereocenters. The molecule has 8 nitrogen and oxygen atoms in total. The lowest BCUT2D eigenvalue weighted by Gasteiger charge is -2.29. The summed E-state index contributed by atoms with van der Waals surface area (Å²) in [5.74, 6) is 0. The second-order valence-electron chi connectivity index (χ2n) is 9.59. The Labute approximate surface area is 224 Å². The van der Waals surface area contributed by atoms with Gasteiger partial charge in [-0.2, -0.15) is 13.9 Å². The summed E-state index contributed by atoms with van der Waals surface area (Å²) in [6, 6.07) is 6.17. The second kappa shape index (κ2) is 9.75. The van der Waals surface area contributed by atoms with Crippen LogP contribution in [0.4, 0.5) is 22.0 Å². The van der Waals surface area contributed by atoms with Crippen LogP contribution in [0.1, 0.15) is 35.5 Å². The smallest absolute Gasteiger partial charge is 0.368 e. The number of pyridine rings is 1. The number of H-pyrrole nitrogens is 1.